The van der Waals surface area contributed by atoms with Crippen LogP contribution in [0, 0.1) is 10.8 Å². The molecule has 0 aromatic heterocycles. The van der Waals surface area contributed by atoms with Crippen molar-refractivity contribution in [1.29, 1.82) is 0 Å². The van der Waals surface area contributed by atoms with Gasteiger partial charge in [-0.05, 0) is 32.6 Å². The van der Waals surface area contributed by atoms with Gasteiger partial charge in [0.25, 0.3) is 0 Å². The van der Waals surface area contributed by atoms with Crippen LogP contribution in [0.3, 0.4) is 0 Å². The third-order valence-electron chi connectivity index (χ3n) is 3.57. The molecule has 0 spiro atoms. The van der Waals surface area contributed by atoms with Gasteiger partial charge in [-0.15, -0.1) is 0 Å². The number of hydrogen-bond acceptors (Lipinski definition) is 2. The van der Waals surface area contributed by atoms with Crippen molar-refractivity contribution in [3.8, 4) is 0 Å². The molecule has 122 valence electrons. The summed E-state index contributed by atoms with van der Waals surface area (Å²) in [6, 6.07) is 0. The highest BCUT2D eigenvalue weighted by Crippen LogP contribution is 2.35. The largest absolute Gasteiger partial charge is 0.328 e. The molecule has 2 nitrogen and oxygen atoms in total. The van der Waals surface area contributed by atoms with Gasteiger partial charge in [-0.25, -0.2) is 0 Å². The Labute approximate surface area is 132 Å². The summed E-state index contributed by atoms with van der Waals surface area (Å²) in [4.78, 5) is 0. The summed E-state index contributed by atoms with van der Waals surface area (Å²) >= 11 is 1.91. The Balaban J connectivity index is 4.28. The molecule has 0 atom stereocenters. The zero-order valence-corrected chi connectivity index (χ0v) is 16.5. The zero-order valence-electron chi connectivity index (χ0n) is 15.7. The lowest BCUT2D eigenvalue weighted by molar-refractivity contribution is -0.894. The van der Waals surface area contributed by atoms with Gasteiger partial charge in [0.15, 0.2) is 0 Å². The molecule has 0 heterocycles. The van der Waals surface area contributed by atoms with E-state index in [4.69, 9.17) is 0 Å². The molecule has 0 aromatic rings. The predicted molar refractivity (Wildman–Crippen MR) is 95.0 cm³/mol. The van der Waals surface area contributed by atoms with Crippen molar-refractivity contribution < 1.29 is 4.48 Å². The highest BCUT2D eigenvalue weighted by Gasteiger charge is 2.30. The first-order chi connectivity index (χ1) is 8.68. The Morgan fingerprint density at radius 3 is 1.85 bits per heavy atom. The van der Waals surface area contributed by atoms with Gasteiger partial charge < -0.3 is 4.48 Å². The molecule has 20 heavy (non-hydrogen) atoms. The highest BCUT2D eigenvalue weighted by molar-refractivity contribution is 7.98. The second-order valence-corrected chi connectivity index (χ2v) is 11.1. The van der Waals surface area contributed by atoms with Gasteiger partial charge in [0.2, 0.25) is 0 Å². The SMILES string of the molecule is CC[N+](C)(C)CC(C)(C)CNSC(C)(C)CC(C)(C)C. The Morgan fingerprint density at radius 1 is 0.950 bits per heavy atom. The standard InChI is InChI=1S/C17H39N2S/c1-11-19(9,10)14-16(5,6)13-18-20-17(7,8)12-15(2,3)4/h18H,11-14H2,1-10H3/q+1. The first kappa shape index (κ1) is 20.3. The first-order valence-electron chi connectivity index (χ1n) is 7.91. The van der Waals surface area contributed by atoms with E-state index >= 15 is 0 Å². The summed E-state index contributed by atoms with van der Waals surface area (Å²) < 4.78 is 5.01. The minimum atomic E-state index is 0.281. The zero-order chi connectivity index (χ0) is 16.2. The molecule has 0 aliphatic rings. The fourth-order valence-corrected chi connectivity index (χ4v) is 4.43. The third kappa shape index (κ3) is 10.1. The molecule has 0 bridgehead atoms. The number of nitrogens with zero attached hydrogens (tertiary/aromatic N) is 1. The minimum absolute atomic E-state index is 0.281. The van der Waals surface area contributed by atoms with Crippen molar-refractivity contribution >= 4 is 11.9 Å². The minimum Gasteiger partial charge on any atom is -0.328 e. The molecule has 0 radical (unpaired) electrons. The Morgan fingerprint density at radius 2 is 1.45 bits per heavy atom. The first-order valence-corrected chi connectivity index (χ1v) is 8.73. The van der Waals surface area contributed by atoms with E-state index < -0.39 is 0 Å². The molecule has 0 aliphatic heterocycles. The topological polar surface area (TPSA) is 12.0 Å². The lowest BCUT2D eigenvalue weighted by Crippen LogP contribution is -2.48. The lowest BCUT2D eigenvalue weighted by Gasteiger charge is -2.38. The fourth-order valence-electron chi connectivity index (χ4n) is 3.07. The molecular weight excluding hydrogens is 264 g/mol. The monoisotopic (exact) mass is 303 g/mol. The number of quaternary nitrogens is 1. The molecule has 0 saturated carbocycles. The maximum absolute atomic E-state index is 3.64. The van der Waals surface area contributed by atoms with Crippen LogP contribution in [0.25, 0.3) is 0 Å². The third-order valence-corrected chi connectivity index (χ3v) is 4.55. The van der Waals surface area contributed by atoms with Crippen LogP contribution in [-0.4, -0.2) is 43.0 Å². The van der Waals surface area contributed by atoms with Crippen LogP contribution < -0.4 is 4.72 Å². The van der Waals surface area contributed by atoms with Gasteiger partial charge in [0.05, 0.1) is 27.2 Å². The number of hydrogen-bond donors (Lipinski definition) is 1. The van der Waals surface area contributed by atoms with E-state index in [0.717, 1.165) is 11.0 Å². The van der Waals surface area contributed by atoms with Crippen molar-refractivity contribution in [3.63, 3.8) is 0 Å². The molecule has 0 fully saturated rings. The van der Waals surface area contributed by atoms with E-state index in [9.17, 15) is 0 Å². The summed E-state index contributed by atoms with van der Waals surface area (Å²) in [5.74, 6) is 0. The van der Waals surface area contributed by atoms with E-state index in [0.29, 0.717) is 10.8 Å². The van der Waals surface area contributed by atoms with Crippen LogP contribution in [0.2, 0.25) is 0 Å². The Kier molecular flexibility index (Phi) is 7.11. The molecule has 0 unspecified atom stereocenters. The summed E-state index contributed by atoms with van der Waals surface area (Å²) in [7, 11) is 4.64. The van der Waals surface area contributed by atoms with Crippen molar-refractivity contribution in [2.75, 3.05) is 33.7 Å². The van der Waals surface area contributed by atoms with E-state index in [1.807, 2.05) is 11.9 Å². The summed E-state index contributed by atoms with van der Waals surface area (Å²) in [6.45, 7) is 22.1. The van der Waals surface area contributed by atoms with Gasteiger partial charge in [-0.1, -0.05) is 46.6 Å². The summed E-state index contributed by atoms with van der Waals surface area (Å²) in [6.07, 6.45) is 1.22. The molecule has 0 amide bonds. The van der Waals surface area contributed by atoms with Gasteiger partial charge in [0, 0.05) is 16.7 Å². The summed E-state index contributed by atoms with van der Waals surface area (Å²) in [5, 5.41) is 0. The van der Waals surface area contributed by atoms with Crippen LogP contribution in [0.15, 0.2) is 0 Å². The second-order valence-electron chi connectivity index (χ2n) is 9.49. The predicted octanol–water partition coefficient (Wildman–Crippen LogP) is 4.56. The van der Waals surface area contributed by atoms with Gasteiger partial charge in [-0.2, -0.15) is 0 Å². The molecule has 0 rings (SSSR count). The lowest BCUT2D eigenvalue weighted by atomic mass is 9.86. The van der Waals surface area contributed by atoms with Gasteiger partial charge in [-0.3, -0.25) is 4.72 Å². The van der Waals surface area contributed by atoms with Crippen molar-refractivity contribution in [2.24, 2.45) is 10.8 Å². The van der Waals surface area contributed by atoms with Crippen LogP contribution in [0.1, 0.15) is 61.8 Å². The molecule has 3 heteroatoms. The van der Waals surface area contributed by atoms with E-state index in [-0.39, 0.29) is 4.75 Å². The quantitative estimate of drug-likeness (QED) is 0.521. The van der Waals surface area contributed by atoms with Crippen LogP contribution >= 0.6 is 11.9 Å². The Bertz CT molecular complexity index is 288. The molecular formula is C17H39N2S+. The van der Waals surface area contributed by atoms with Crippen LogP contribution in [0.4, 0.5) is 0 Å². The molecule has 0 aromatic carbocycles. The molecule has 0 saturated heterocycles. The van der Waals surface area contributed by atoms with Crippen LogP contribution in [0.5, 0.6) is 0 Å². The van der Waals surface area contributed by atoms with Crippen molar-refractivity contribution in [1.82, 2.24) is 4.72 Å². The van der Waals surface area contributed by atoms with E-state index in [2.05, 4.69) is 74.2 Å². The average molecular weight is 304 g/mol. The van der Waals surface area contributed by atoms with Crippen molar-refractivity contribution in [2.45, 2.75) is 66.6 Å². The Hall–Kier alpha value is 0.270. The van der Waals surface area contributed by atoms with Gasteiger partial charge >= 0.3 is 0 Å². The number of rotatable bonds is 8. The maximum atomic E-state index is 3.64. The highest BCUT2D eigenvalue weighted by atomic mass is 32.2. The second kappa shape index (κ2) is 7.02. The summed E-state index contributed by atoms with van der Waals surface area (Å²) in [5.41, 5.74) is 0.707. The smallest absolute Gasteiger partial charge is 0.0846 e. The molecule has 0 aliphatic carbocycles. The number of nitrogens with one attached hydrogen (secondary N) is 1. The normalized spacial score (nSPS) is 14.7. The van der Waals surface area contributed by atoms with E-state index in [1.165, 1.54) is 19.5 Å². The van der Waals surface area contributed by atoms with Crippen LogP contribution in [-0.2, 0) is 0 Å². The van der Waals surface area contributed by atoms with Crippen molar-refractivity contribution in [3.05, 3.63) is 0 Å². The van der Waals surface area contributed by atoms with Gasteiger partial charge in [0.1, 0.15) is 0 Å². The average Bonchev–Trinajstić information content (AvgIpc) is 2.10. The fraction of sp³-hybridized carbons (Fsp3) is 1.00. The molecule has 1 N–H and O–H groups in total. The van der Waals surface area contributed by atoms with E-state index in [1.54, 1.807) is 0 Å². The maximum Gasteiger partial charge on any atom is 0.0846 e.